The third kappa shape index (κ3) is 10.5. The maximum atomic E-state index is 14.0. The molecule has 2 N–H and O–H groups in total. The van der Waals surface area contributed by atoms with Gasteiger partial charge < -0.3 is 25.0 Å². The quantitative estimate of drug-likeness (QED) is 0.233. The normalized spacial score (nSPS) is 17.4. The molecule has 52 heavy (non-hydrogen) atoms. The zero-order chi connectivity index (χ0) is 37.6. The van der Waals surface area contributed by atoms with Crippen LogP contribution in [-0.2, 0) is 32.2 Å². The average molecular weight is 716 g/mol. The van der Waals surface area contributed by atoms with E-state index in [4.69, 9.17) is 9.47 Å². The van der Waals surface area contributed by atoms with Gasteiger partial charge in [0, 0.05) is 43.2 Å². The first-order valence-electron chi connectivity index (χ1n) is 17.8. The molecule has 2 unspecified atom stereocenters. The van der Waals surface area contributed by atoms with Crippen molar-refractivity contribution in [1.82, 2.24) is 9.80 Å². The van der Waals surface area contributed by atoms with Crippen LogP contribution >= 0.6 is 0 Å². The van der Waals surface area contributed by atoms with Crippen molar-refractivity contribution in [2.75, 3.05) is 28.6 Å². The number of likely N-dealkylation sites (tertiary alicyclic amines) is 2. The second-order valence-corrected chi connectivity index (χ2v) is 15.4. The molecule has 2 saturated heterocycles. The minimum absolute atomic E-state index is 0.276. The number of ether oxygens (including phenoxy) is 2. The average Bonchev–Trinajstić information content (AvgIpc) is 3.75. The van der Waals surface area contributed by atoms with E-state index in [-0.39, 0.29) is 17.6 Å². The summed E-state index contributed by atoms with van der Waals surface area (Å²) in [7, 11) is 0. The third-order valence-corrected chi connectivity index (χ3v) is 8.69. The molecule has 3 aromatic carbocycles. The monoisotopic (exact) mass is 715 g/mol. The molecule has 2 fully saturated rings. The molecule has 0 aliphatic carbocycles. The summed E-state index contributed by atoms with van der Waals surface area (Å²) in [4.78, 5) is 57.3. The van der Waals surface area contributed by atoms with Crippen LogP contribution in [-0.4, -0.2) is 70.2 Å². The Morgan fingerprint density at radius 3 is 1.52 bits per heavy atom. The summed E-state index contributed by atoms with van der Waals surface area (Å²) in [5.41, 5.74) is 2.42. The van der Waals surface area contributed by atoms with Crippen LogP contribution < -0.4 is 15.5 Å². The van der Waals surface area contributed by atoms with Crippen LogP contribution in [0, 0.1) is 5.82 Å². The van der Waals surface area contributed by atoms with Crippen LogP contribution in [0.2, 0.25) is 0 Å². The van der Waals surface area contributed by atoms with Gasteiger partial charge in [-0.05, 0) is 127 Å². The molecule has 0 spiro atoms. The number of halogens is 1. The van der Waals surface area contributed by atoms with Gasteiger partial charge in [-0.3, -0.25) is 19.4 Å². The first kappa shape index (κ1) is 38.1. The van der Waals surface area contributed by atoms with Crippen LogP contribution in [0.1, 0.15) is 78.4 Å². The van der Waals surface area contributed by atoms with Crippen molar-refractivity contribution >= 4 is 41.1 Å². The number of nitrogens with one attached hydrogen (secondary N) is 2. The van der Waals surface area contributed by atoms with Gasteiger partial charge >= 0.3 is 12.2 Å². The molecule has 4 amide bonds. The second kappa shape index (κ2) is 16.0. The Hall–Kier alpha value is -5.13. The van der Waals surface area contributed by atoms with Gasteiger partial charge in [-0.25, -0.2) is 14.0 Å². The minimum Gasteiger partial charge on any atom is -0.444 e. The summed E-state index contributed by atoms with van der Waals surface area (Å²) in [6.45, 7) is 12.5. The van der Waals surface area contributed by atoms with Gasteiger partial charge in [0.15, 0.2) is 0 Å². The van der Waals surface area contributed by atoms with Crippen molar-refractivity contribution in [2.45, 2.75) is 104 Å². The van der Waals surface area contributed by atoms with Gasteiger partial charge in [0.2, 0.25) is 11.8 Å². The molecule has 2 atom stereocenters. The Kier molecular flexibility index (Phi) is 11.8. The van der Waals surface area contributed by atoms with E-state index in [1.165, 1.54) is 21.9 Å². The fourth-order valence-corrected chi connectivity index (χ4v) is 6.43. The minimum atomic E-state index is -0.665. The van der Waals surface area contributed by atoms with Crippen molar-refractivity contribution < 1.29 is 33.0 Å². The highest BCUT2D eigenvalue weighted by Gasteiger charge is 2.38. The van der Waals surface area contributed by atoms with E-state index < -0.39 is 35.5 Å². The van der Waals surface area contributed by atoms with Gasteiger partial charge in [-0.1, -0.05) is 24.3 Å². The Labute approximate surface area is 305 Å². The van der Waals surface area contributed by atoms with Gasteiger partial charge in [0.1, 0.15) is 29.1 Å². The van der Waals surface area contributed by atoms with Crippen LogP contribution in [0.15, 0.2) is 72.8 Å². The zero-order valence-corrected chi connectivity index (χ0v) is 30.9. The van der Waals surface area contributed by atoms with Gasteiger partial charge in [0.25, 0.3) is 0 Å². The number of hydrogen-bond donors (Lipinski definition) is 2. The number of rotatable bonds is 9. The van der Waals surface area contributed by atoms with Gasteiger partial charge in [-0.2, -0.15) is 0 Å². The molecule has 0 bridgehead atoms. The summed E-state index contributed by atoms with van der Waals surface area (Å²) in [5.74, 6) is -0.902. The molecular weight excluding hydrogens is 665 g/mol. The third-order valence-electron chi connectivity index (χ3n) is 8.69. The topological polar surface area (TPSA) is 121 Å². The van der Waals surface area contributed by atoms with Crippen molar-refractivity contribution in [2.24, 2.45) is 0 Å². The zero-order valence-electron chi connectivity index (χ0n) is 30.9. The molecule has 2 aliphatic rings. The van der Waals surface area contributed by atoms with Gasteiger partial charge in [-0.15, -0.1) is 0 Å². The van der Waals surface area contributed by atoms with E-state index in [2.05, 4.69) is 15.5 Å². The molecule has 0 radical (unpaired) electrons. The maximum absolute atomic E-state index is 14.0. The Morgan fingerprint density at radius 2 is 1.12 bits per heavy atom. The summed E-state index contributed by atoms with van der Waals surface area (Å²) < 4.78 is 25.0. The highest BCUT2D eigenvalue weighted by molar-refractivity contribution is 5.97. The number of nitrogens with zero attached hydrogens (tertiary/aromatic N) is 3. The molecule has 278 valence electrons. The van der Waals surface area contributed by atoms with Crippen LogP contribution in [0.5, 0.6) is 0 Å². The summed E-state index contributed by atoms with van der Waals surface area (Å²) in [6, 6.07) is 20.0. The van der Waals surface area contributed by atoms with Crippen molar-refractivity contribution in [3.05, 3.63) is 89.7 Å². The smallest absolute Gasteiger partial charge is 0.410 e. The van der Waals surface area contributed by atoms with E-state index in [9.17, 15) is 23.6 Å². The van der Waals surface area contributed by atoms with Crippen molar-refractivity contribution in [1.29, 1.82) is 0 Å². The lowest BCUT2D eigenvalue weighted by atomic mass is 10.1. The standard InChI is InChI=1S/C40H50FN5O6/c1-39(2,3)51-37(49)45-21-9-15-33(45)35(47)42-30-13-7-11-27(23-30)25-44(32-19-17-29(41)18-20-32)26-28-12-8-14-31(24-28)43-36(48)34-16-10-22-46(34)38(50)52-40(4,5)6/h7-8,11-14,17-20,23-24,33-34H,9-10,15-16,21-22,25-26H2,1-6H3,(H,42,47)(H,43,48). The first-order valence-corrected chi connectivity index (χ1v) is 17.8. The number of anilines is 3. The molecule has 12 heteroatoms. The fraction of sp³-hybridized carbons (Fsp3) is 0.450. The van der Waals surface area contributed by atoms with E-state index >= 15 is 0 Å². The Balaban J connectivity index is 1.28. The second-order valence-electron chi connectivity index (χ2n) is 15.4. The van der Waals surface area contributed by atoms with E-state index in [0.29, 0.717) is 63.2 Å². The SMILES string of the molecule is CC(C)(C)OC(=O)N1CCCC1C(=O)Nc1cccc(CN(Cc2cccc(NC(=O)C3CCCN3C(=O)OC(C)(C)C)c2)c2ccc(F)cc2)c1. The Bertz CT molecular complexity index is 1650. The fourth-order valence-electron chi connectivity index (χ4n) is 6.43. The molecule has 0 aromatic heterocycles. The number of hydrogen-bond acceptors (Lipinski definition) is 7. The highest BCUT2D eigenvalue weighted by atomic mass is 19.1. The molecular formula is C40H50FN5O6. The van der Waals surface area contributed by atoms with Crippen molar-refractivity contribution in [3.8, 4) is 0 Å². The highest BCUT2D eigenvalue weighted by Crippen LogP contribution is 2.27. The summed E-state index contributed by atoms with van der Waals surface area (Å²) >= 11 is 0. The number of benzene rings is 3. The van der Waals surface area contributed by atoms with Crippen LogP contribution in [0.25, 0.3) is 0 Å². The molecule has 5 rings (SSSR count). The summed E-state index contributed by atoms with van der Waals surface area (Å²) in [5, 5.41) is 5.97. The van der Waals surface area contributed by atoms with Crippen molar-refractivity contribution in [3.63, 3.8) is 0 Å². The van der Waals surface area contributed by atoms with E-state index in [1.807, 2.05) is 36.4 Å². The molecule has 2 heterocycles. The van der Waals surface area contributed by atoms with E-state index in [1.54, 1.807) is 65.8 Å². The van der Waals surface area contributed by atoms with Gasteiger partial charge in [0.05, 0.1) is 0 Å². The summed E-state index contributed by atoms with van der Waals surface area (Å²) in [6.07, 6.45) is 1.51. The number of carbonyl (C=O) groups excluding carboxylic acids is 4. The molecule has 3 aromatic rings. The lowest BCUT2D eigenvalue weighted by Crippen LogP contribution is -2.45. The number of carbonyl (C=O) groups is 4. The number of amides is 4. The van der Waals surface area contributed by atoms with Crippen LogP contribution in [0.4, 0.5) is 31.0 Å². The maximum Gasteiger partial charge on any atom is 0.410 e. The lowest BCUT2D eigenvalue weighted by molar-refractivity contribution is -0.121. The molecule has 11 nitrogen and oxygen atoms in total. The van der Waals surface area contributed by atoms with E-state index in [0.717, 1.165) is 16.8 Å². The predicted molar refractivity (Wildman–Crippen MR) is 198 cm³/mol. The lowest BCUT2D eigenvalue weighted by Gasteiger charge is -2.28. The molecule has 2 aliphatic heterocycles. The Morgan fingerprint density at radius 1 is 0.692 bits per heavy atom. The predicted octanol–water partition coefficient (Wildman–Crippen LogP) is 7.71. The largest absolute Gasteiger partial charge is 0.444 e. The first-order chi connectivity index (χ1) is 24.5. The molecule has 0 saturated carbocycles. The van der Waals surface area contributed by atoms with Crippen LogP contribution in [0.3, 0.4) is 0 Å².